The highest BCUT2D eigenvalue weighted by Crippen LogP contribution is 2.22. The van der Waals surface area contributed by atoms with Gasteiger partial charge in [-0.25, -0.2) is 5.43 Å². The molecule has 160 valence electrons. The second kappa shape index (κ2) is 9.55. The SMILES string of the molecule is COc1ccc(/C=N/Nc2nc(N3CCOCC3)nc(N3CCOCC3)n2)c(O)c1. The number of hydrogen-bond donors (Lipinski definition) is 2. The van der Waals surface area contributed by atoms with Crippen molar-refractivity contribution in [2.45, 2.75) is 0 Å². The van der Waals surface area contributed by atoms with Crippen molar-refractivity contribution in [2.24, 2.45) is 5.10 Å². The molecule has 11 heteroatoms. The number of phenols is 1. The molecule has 2 aliphatic rings. The smallest absolute Gasteiger partial charge is 0.250 e. The Morgan fingerprint density at radius 2 is 1.60 bits per heavy atom. The van der Waals surface area contributed by atoms with Crippen LogP contribution in [0.1, 0.15) is 5.56 Å². The van der Waals surface area contributed by atoms with Gasteiger partial charge in [0.15, 0.2) is 0 Å². The van der Waals surface area contributed by atoms with Crippen molar-refractivity contribution in [1.82, 2.24) is 15.0 Å². The van der Waals surface area contributed by atoms with E-state index in [4.69, 9.17) is 14.2 Å². The van der Waals surface area contributed by atoms with Gasteiger partial charge in [-0.3, -0.25) is 0 Å². The Kier molecular flexibility index (Phi) is 6.40. The fourth-order valence-electron chi connectivity index (χ4n) is 3.13. The topological polar surface area (TPSA) is 117 Å². The summed E-state index contributed by atoms with van der Waals surface area (Å²) in [6.45, 7) is 5.41. The molecule has 11 nitrogen and oxygen atoms in total. The second-order valence-corrected chi connectivity index (χ2v) is 6.75. The maximum Gasteiger partial charge on any atom is 0.250 e. The molecule has 3 heterocycles. The zero-order valence-electron chi connectivity index (χ0n) is 16.8. The largest absolute Gasteiger partial charge is 0.507 e. The number of aromatic hydroxyl groups is 1. The van der Waals surface area contributed by atoms with E-state index in [1.807, 2.05) is 0 Å². The quantitative estimate of drug-likeness (QED) is 0.516. The van der Waals surface area contributed by atoms with Crippen molar-refractivity contribution in [1.29, 1.82) is 0 Å². The number of phenolic OH excluding ortho intramolecular Hbond substituents is 1. The van der Waals surface area contributed by atoms with Crippen LogP contribution < -0.4 is 20.0 Å². The number of morpholine rings is 2. The van der Waals surface area contributed by atoms with E-state index in [0.29, 0.717) is 55.6 Å². The molecule has 2 N–H and O–H groups in total. The number of benzene rings is 1. The first-order valence-electron chi connectivity index (χ1n) is 9.80. The minimum atomic E-state index is 0.0681. The van der Waals surface area contributed by atoms with Crippen LogP contribution in [0.2, 0.25) is 0 Å². The van der Waals surface area contributed by atoms with E-state index < -0.39 is 0 Å². The third-order valence-corrected chi connectivity index (χ3v) is 4.81. The number of hydrogen-bond acceptors (Lipinski definition) is 11. The predicted octanol–water partition coefficient (Wildman–Crippen LogP) is 0.705. The maximum absolute atomic E-state index is 10.1. The fraction of sp³-hybridized carbons (Fsp3) is 0.474. The standard InChI is InChI=1S/C19H25N7O4/c1-28-15-3-2-14(16(27)12-15)13-20-24-17-21-18(25-4-8-29-9-5-25)23-19(22-17)26-6-10-30-11-7-26/h2-3,12-13,27H,4-11H2,1H3,(H,21,22,23,24)/b20-13+. The van der Waals surface area contributed by atoms with Crippen molar-refractivity contribution in [3.8, 4) is 11.5 Å². The van der Waals surface area contributed by atoms with Crippen LogP contribution in [0.3, 0.4) is 0 Å². The lowest BCUT2D eigenvalue weighted by atomic mass is 10.2. The molecule has 2 saturated heterocycles. The Labute approximate surface area is 174 Å². The minimum absolute atomic E-state index is 0.0681. The molecule has 0 amide bonds. The van der Waals surface area contributed by atoms with E-state index in [2.05, 4.69) is 35.3 Å². The summed E-state index contributed by atoms with van der Waals surface area (Å²) in [5, 5.41) is 14.3. The normalized spacial score (nSPS) is 17.4. The highest BCUT2D eigenvalue weighted by molar-refractivity contribution is 5.84. The molecule has 30 heavy (non-hydrogen) atoms. The molecular formula is C19H25N7O4. The lowest BCUT2D eigenvalue weighted by molar-refractivity contribution is 0.121. The van der Waals surface area contributed by atoms with Crippen LogP contribution in [-0.4, -0.2) is 86.0 Å². The highest BCUT2D eigenvalue weighted by Gasteiger charge is 2.20. The van der Waals surface area contributed by atoms with Crippen LogP contribution in [0.5, 0.6) is 11.5 Å². The molecule has 0 unspecified atom stereocenters. The van der Waals surface area contributed by atoms with Crippen molar-refractivity contribution in [2.75, 3.05) is 74.9 Å². The minimum Gasteiger partial charge on any atom is -0.507 e. The third kappa shape index (κ3) is 4.86. The van der Waals surface area contributed by atoms with E-state index >= 15 is 0 Å². The monoisotopic (exact) mass is 415 g/mol. The van der Waals surface area contributed by atoms with Crippen molar-refractivity contribution < 1.29 is 19.3 Å². The van der Waals surface area contributed by atoms with Gasteiger partial charge in [-0.2, -0.15) is 20.1 Å². The summed E-state index contributed by atoms with van der Waals surface area (Å²) in [5.74, 6) is 2.13. The van der Waals surface area contributed by atoms with Gasteiger partial charge in [0, 0.05) is 37.8 Å². The summed E-state index contributed by atoms with van der Waals surface area (Å²) in [6, 6.07) is 4.99. The van der Waals surface area contributed by atoms with Gasteiger partial charge in [0.25, 0.3) is 0 Å². The molecule has 0 bridgehead atoms. The number of nitrogens with zero attached hydrogens (tertiary/aromatic N) is 6. The zero-order chi connectivity index (χ0) is 20.8. The molecule has 0 saturated carbocycles. The number of aromatic nitrogens is 3. The highest BCUT2D eigenvalue weighted by atomic mass is 16.5. The van der Waals surface area contributed by atoms with Crippen LogP contribution in [0, 0.1) is 0 Å². The van der Waals surface area contributed by atoms with Crippen molar-refractivity contribution >= 4 is 24.1 Å². The molecule has 2 aromatic rings. The molecular weight excluding hydrogens is 390 g/mol. The van der Waals surface area contributed by atoms with Gasteiger partial charge in [0.05, 0.1) is 39.8 Å². The number of methoxy groups -OCH3 is 1. The summed E-state index contributed by atoms with van der Waals surface area (Å²) in [7, 11) is 1.54. The van der Waals surface area contributed by atoms with Gasteiger partial charge in [-0.05, 0) is 12.1 Å². The van der Waals surface area contributed by atoms with E-state index in [-0.39, 0.29) is 5.75 Å². The van der Waals surface area contributed by atoms with Gasteiger partial charge >= 0.3 is 0 Å². The second-order valence-electron chi connectivity index (χ2n) is 6.75. The van der Waals surface area contributed by atoms with Crippen LogP contribution in [0.25, 0.3) is 0 Å². The number of nitrogens with one attached hydrogen (secondary N) is 1. The molecule has 0 aliphatic carbocycles. The molecule has 1 aromatic carbocycles. The first-order valence-corrected chi connectivity index (χ1v) is 9.80. The third-order valence-electron chi connectivity index (χ3n) is 4.81. The Morgan fingerprint density at radius 1 is 1.00 bits per heavy atom. The van der Waals surface area contributed by atoms with Crippen LogP contribution in [0.4, 0.5) is 17.8 Å². The molecule has 2 fully saturated rings. The van der Waals surface area contributed by atoms with Crippen LogP contribution >= 0.6 is 0 Å². The van der Waals surface area contributed by atoms with Gasteiger partial charge in [0.2, 0.25) is 17.8 Å². The summed E-state index contributed by atoms with van der Waals surface area (Å²) in [6.07, 6.45) is 1.50. The van der Waals surface area contributed by atoms with E-state index in [9.17, 15) is 5.11 Å². The predicted molar refractivity (Wildman–Crippen MR) is 112 cm³/mol. The fourth-order valence-corrected chi connectivity index (χ4v) is 3.13. The van der Waals surface area contributed by atoms with E-state index in [1.165, 1.54) is 12.3 Å². The number of rotatable bonds is 6. The molecule has 4 rings (SSSR count). The number of anilines is 3. The first kappa shape index (κ1) is 20.1. The van der Waals surface area contributed by atoms with Crippen LogP contribution in [-0.2, 0) is 9.47 Å². The van der Waals surface area contributed by atoms with Crippen molar-refractivity contribution in [3.63, 3.8) is 0 Å². The summed E-state index contributed by atoms with van der Waals surface area (Å²) >= 11 is 0. The number of ether oxygens (including phenoxy) is 3. The van der Waals surface area contributed by atoms with Gasteiger partial charge in [-0.1, -0.05) is 0 Å². The average molecular weight is 415 g/mol. The van der Waals surface area contributed by atoms with E-state index in [0.717, 1.165) is 26.2 Å². The lowest BCUT2D eigenvalue weighted by Crippen LogP contribution is -2.40. The first-order chi connectivity index (χ1) is 14.7. The Bertz CT molecular complexity index is 847. The summed E-state index contributed by atoms with van der Waals surface area (Å²) in [4.78, 5) is 17.8. The number of hydrazone groups is 1. The summed E-state index contributed by atoms with van der Waals surface area (Å²) in [5.41, 5.74) is 3.40. The molecule has 0 atom stereocenters. The Morgan fingerprint density at radius 3 is 2.13 bits per heavy atom. The van der Waals surface area contributed by atoms with Gasteiger partial charge < -0.3 is 29.1 Å². The van der Waals surface area contributed by atoms with E-state index in [1.54, 1.807) is 19.2 Å². The van der Waals surface area contributed by atoms with Gasteiger partial charge in [-0.15, -0.1) is 0 Å². The average Bonchev–Trinajstić information content (AvgIpc) is 2.81. The molecule has 0 spiro atoms. The molecule has 2 aliphatic heterocycles. The van der Waals surface area contributed by atoms with Crippen molar-refractivity contribution in [3.05, 3.63) is 23.8 Å². The maximum atomic E-state index is 10.1. The lowest BCUT2D eigenvalue weighted by Gasteiger charge is -2.30. The molecule has 0 radical (unpaired) electrons. The summed E-state index contributed by atoms with van der Waals surface area (Å²) < 4.78 is 15.9. The Balaban J connectivity index is 1.54. The van der Waals surface area contributed by atoms with Crippen LogP contribution in [0.15, 0.2) is 23.3 Å². The zero-order valence-corrected chi connectivity index (χ0v) is 16.8. The molecule has 1 aromatic heterocycles. The Hall–Kier alpha value is -3.18. The van der Waals surface area contributed by atoms with Gasteiger partial charge in [0.1, 0.15) is 11.5 Å².